The van der Waals surface area contributed by atoms with Gasteiger partial charge in [0.1, 0.15) is 28.5 Å². The van der Waals surface area contributed by atoms with Crippen LogP contribution in [-0.2, 0) is 16.8 Å². The molecule has 1 heterocycles. The third-order valence-electron chi connectivity index (χ3n) is 5.95. The maximum absolute atomic E-state index is 12.3. The van der Waals surface area contributed by atoms with Gasteiger partial charge in [0.05, 0.1) is 13.2 Å². The third-order valence-corrected chi connectivity index (χ3v) is 6.83. The molecular weight excluding hydrogens is 474 g/mol. The first-order valence-corrected chi connectivity index (χ1v) is 13.1. The van der Waals surface area contributed by atoms with Crippen LogP contribution in [0.4, 0.5) is 4.79 Å². The SMILES string of the molecule is CCCc1cc(Oc2ccccc2)ccc1OCCCCOc1cccc(C2(C)NC(=O)SC2=O)c1. The van der Waals surface area contributed by atoms with Gasteiger partial charge in [-0.3, -0.25) is 9.59 Å². The zero-order valence-corrected chi connectivity index (χ0v) is 21.4. The van der Waals surface area contributed by atoms with E-state index in [1.807, 2.05) is 66.7 Å². The van der Waals surface area contributed by atoms with E-state index in [0.29, 0.717) is 30.7 Å². The van der Waals surface area contributed by atoms with Crippen LogP contribution in [0.15, 0.2) is 72.8 Å². The van der Waals surface area contributed by atoms with Crippen molar-refractivity contribution in [3.05, 3.63) is 83.9 Å². The number of nitrogens with one attached hydrogen (secondary N) is 1. The topological polar surface area (TPSA) is 73.9 Å². The normalized spacial score (nSPS) is 17.1. The summed E-state index contributed by atoms with van der Waals surface area (Å²) in [5.74, 6) is 3.18. The molecule has 1 saturated heterocycles. The van der Waals surface area contributed by atoms with E-state index in [1.54, 1.807) is 6.92 Å². The molecule has 0 bridgehead atoms. The van der Waals surface area contributed by atoms with Crippen LogP contribution >= 0.6 is 11.8 Å². The fraction of sp³-hybridized carbons (Fsp3) is 0.310. The molecule has 1 fully saturated rings. The van der Waals surface area contributed by atoms with Crippen molar-refractivity contribution in [3.63, 3.8) is 0 Å². The molecule has 36 heavy (non-hydrogen) atoms. The first kappa shape index (κ1) is 25.6. The maximum atomic E-state index is 12.3. The van der Waals surface area contributed by atoms with Gasteiger partial charge in [0.25, 0.3) is 5.24 Å². The minimum absolute atomic E-state index is 0.205. The average molecular weight is 506 g/mol. The Morgan fingerprint density at radius 1 is 0.833 bits per heavy atom. The second-order valence-corrected chi connectivity index (χ2v) is 9.74. The van der Waals surface area contributed by atoms with Crippen LogP contribution in [0.2, 0.25) is 0 Å². The van der Waals surface area contributed by atoms with Crippen molar-refractivity contribution in [2.75, 3.05) is 13.2 Å². The van der Waals surface area contributed by atoms with E-state index >= 15 is 0 Å². The first-order valence-electron chi connectivity index (χ1n) is 12.2. The van der Waals surface area contributed by atoms with Gasteiger partial charge in [-0.1, -0.05) is 43.7 Å². The molecule has 0 radical (unpaired) electrons. The number of hydrogen-bond acceptors (Lipinski definition) is 6. The van der Waals surface area contributed by atoms with Crippen LogP contribution in [0.3, 0.4) is 0 Å². The van der Waals surface area contributed by atoms with E-state index in [1.165, 1.54) is 0 Å². The molecule has 4 rings (SSSR count). The van der Waals surface area contributed by atoms with Crippen LogP contribution in [0.5, 0.6) is 23.0 Å². The lowest BCUT2D eigenvalue weighted by Crippen LogP contribution is -2.39. The Morgan fingerprint density at radius 3 is 2.31 bits per heavy atom. The molecule has 7 heteroatoms. The van der Waals surface area contributed by atoms with Crippen LogP contribution < -0.4 is 19.5 Å². The van der Waals surface area contributed by atoms with Gasteiger partial charge >= 0.3 is 0 Å². The molecule has 1 N–H and O–H groups in total. The lowest BCUT2D eigenvalue weighted by Gasteiger charge is -2.22. The Hall–Kier alpha value is -3.45. The number of aryl methyl sites for hydroxylation is 1. The molecule has 188 valence electrons. The van der Waals surface area contributed by atoms with Crippen LogP contribution in [0.1, 0.15) is 44.2 Å². The Bertz CT molecular complexity index is 1200. The summed E-state index contributed by atoms with van der Waals surface area (Å²) in [4.78, 5) is 23.9. The summed E-state index contributed by atoms with van der Waals surface area (Å²) in [6.07, 6.45) is 3.61. The number of carbonyl (C=O) groups is 2. The predicted molar refractivity (Wildman–Crippen MR) is 142 cm³/mol. The second kappa shape index (κ2) is 12.0. The lowest BCUT2D eigenvalue weighted by atomic mass is 9.93. The summed E-state index contributed by atoms with van der Waals surface area (Å²) >= 11 is 0.707. The van der Waals surface area contributed by atoms with Crippen molar-refractivity contribution in [1.29, 1.82) is 0 Å². The zero-order valence-electron chi connectivity index (χ0n) is 20.6. The number of para-hydroxylation sites is 1. The van der Waals surface area contributed by atoms with E-state index in [4.69, 9.17) is 14.2 Å². The van der Waals surface area contributed by atoms with E-state index < -0.39 is 5.54 Å². The minimum atomic E-state index is -1.02. The largest absolute Gasteiger partial charge is 0.494 e. The fourth-order valence-electron chi connectivity index (χ4n) is 3.98. The van der Waals surface area contributed by atoms with Gasteiger partial charge in [-0.2, -0.15) is 0 Å². The maximum Gasteiger partial charge on any atom is 0.287 e. The molecule has 3 aromatic rings. The first-order chi connectivity index (χ1) is 17.5. The molecule has 1 amide bonds. The number of hydrogen-bond donors (Lipinski definition) is 1. The Labute approximate surface area is 216 Å². The van der Waals surface area contributed by atoms with E-state index in [-0.39, 0.29) is 10.4 Å². The molecule has 1 aliphatic rings. The van der Waals surface area contributed by atoms with E-state index in [0.717, 1.165) is 54.1 Å². The highest BCUT2D eigenvalue weighted by Gasteiger charge is 2.44. The van der Waals surface area contributed by atoms with Gasteiger partial charge < -0.3 is 19.5 Å². The molecule has 0 spiro atoms. The lowest BCUT2D eigenvalue weighted by molar-refractivity contribution is -0.115. The molecule has 1 atom stereocenters. The van der Waals surface area contributed by atoms with Crippen LogP contribution in [-0.4, -0.2) is 23.6 Å². The summed E-state index contributed by atoms with van der Waals surface area (Å²) in [5.41, 5.74) is 0.835. The highest BCUT2D eigenvalue weighted by molar-refractivity contribution is 8.26. The summed E-state index contributed by atoms with van der Waals surface area (Å²) in [6, 6.07) is 23.1. The number of carbonyl (C=O) groups excluding carboxylic acids is 2. The molecule has 6 nitrogen and oxygen atoms in total. The standard InChI is InChI=1S/C29H31NO5S/c1-3-10-21-19-25(35-23-12-5-4-6-13-23)15-16-26(21)34-18-8-7-17-33-24-14-9-11-22(20-24)29(2)27(31)36-28(32)30-29/h4-6,9,11-16,19-20H,3,7-8,10,17-18H2,1-2H3,(H,30,32). The van der Waals surface area contributed by atoms with Crippen molar-refractivity contribution in [1.82, 2.24) is 5.32 Å². The average Bonchev–Trinajstić information content (AvgIpc) is 3.15. The molecule has 3 aromatic carbocycles. The van der Waals surface area contributed by atoms with Gasteiger partial charge in [0, 0.05) is 11.8 Å². The van der Waals surface area contributed by atoms with Crippen LogP contribution in [0, 0.1) is 0 Å². The van der Waals surface area contributed by atoms with Crippen molar-refractivity contribution >= 4 is 22.1 Å². The minimum Gasteiger partial charge on any atom is -0.494 e. The predicted octanol–water partition coefficient (Wildman–Crippen LogP) is 6.87. The third kappa shape index (κ3) is 6.40. The summed E-state index contributed by atoms with van der Waals surface area (Å²) in [7, 11) is 0. The number of benzene rings is 3. The number of ether oxygens (including phenoxy) is 3. The van der Waals surface area contributed by atoms with Gasteiger partial charge in [0.2, 0.25) is 5.12 Å². The highest BCUT2D eigenvalue weighted by atomic mass is 32.2. The smallest absolute Gasteiger partial charge is 0.287 e. The van der Waals surface area contributed by atoms with Crippen LogP contribution in [0.25, 0.3) is 0 Å². The Kier molecular flexibility index (Phi) is 8.54. The quantitative estimate of drug-likeness (QED) is 0.271. The molecule has 1 aliphatic heterocycles. The van der Waals surface area contributed by atoms with E-state index in [9.17, 15) is 9.59 Å². The zero-order chi connectivity index (χ0) is 25.4. The molecule has 1 unspecified atom stereocenters. The number of rotatable bonds is 12. The van der Waals surface area contributed by atoms with Gasteiger partial charge in [-0.25, -0.2) is 0 Å². The molecule has 0 saturated carbocycles. The van der Waals surface area contributed by atoms with Crippen molar-refractivity contribution in [2.45, 2.75) is 45.1 Å². The summed E-state index contributed by atoms with van der Waals surface area (Å²) in [6.45, 7) is 4.99. The molecule has 0 aromatic heterocycles. The number of unbranched alkanes of at least 4 members (excludes halogenated alkanes) is 1. The van der Waals surface area contributed by atoms with Gasteiger partial charge in [-0.15, -0.1) is 0 Å². The van der Waals surface area contributed by atoms with Gasteiger partial charge in [-0.05, 0) is 79.8 Å². The molecular formula is C29H31NO5S. The van der Waals surface area contributed by atoms with Gasteiger partial charge in [0.15, 0.2) is 0 Å². The number of thioether (sulfide) groups is 1. The monoisotopic (exact) mass is 505 g/mol. The van der Waals surface area contributed by atoms with Crippen molar-refractivity contribution in [2.24, 2.45) is 0 Å². The highest BCUT2D eigenvalue weighted by Crippen LogP contribution is 2.35. The Morgan fingerprint density at radius 2 is 1.58 bits per heavy atom. The van der Waals surface area contributed by atoms with Crippen molar-refractivity contribution < 1.29 is 23.8 Å². The summed E-state index contributed by atoms with van der Waals surface area (Å²) < 4.78 is 17.9. The van der Waals surface area contributed by atoms with E-state index in [2.05, 4.69) is 18.3 Å². The molecule has 0 aliphatic carbocycles. The van der Waals surface area contributed by atoms with Crippen molar-refractivity contribution in [3.8, 4) is 23.0 Å². The second-order valence-electron chi connectivity index (χ2n) is 8.79. The fourth-order valence-corrected chi connectivity index (χ4v) is 4.78. The summed E-state index contributed by atoms with van der Waals surface area (Å²) in [5, 5.41) is 2.22. The Balaban J connectivity index is 1.25. The number of amides is 1.